The molecule has 1 aliphatic carbocycles. The van der Waals surface area contributed by atoms with Crippen LogP contribution in [-0.4, -0.2) is 19.9 Å². The fourth-order valence-corrected chi connectivity index (χ4v) is 5.80. The lowest BCUT2D eigenvalue weighted by Crippen LogP contribution is -2.03. The SMILES string of the molecule is CC(C)c1ncc(-c2ccc3c(c2)c2c(c4cc(-c5cnc(C(C)C)[nH]5)ccc43)CCCCCC2)[nH]1. The van der Waals surface area contributed by atoms with Gasteiger partial charge in [0.25, 0.3) is 0 Å². The van der Waals surface area contributed by atoms with Crippen LogP contribution in [0.4, 0.5) is 0 Å². The van der Waals surface area contributed by atoms with Crippen molar-refractivity contribution < 1.29 is 0 Å². The molecule has 0 saturated heterocycles. The Balaban J connectivity index is 1.56. The number of aryl methyl sites for hydroxylation is 2. The van der Waals surface area contributed by atoms with Crippen LogP contribution in [0.15, 0.2) is 48.8 Å². The maximum atomic E-state index is 4.62. The van der Waals surface area contributed by atoms with Crippen molar-refractivity contribution in [2.45, 2.75) is 78.1 Å². The molecular formula is C32H36N4. The minimum absolute atomic E-state index is 0.392. The van der Waals surface area contributed by atoms with Crippen LogP contribution in [0.5, 0.6) is 0 Å². The van der Waals surface area contributed by atoms with Crippen molar-refractivity contribution >= 4 is 21.5 Å². The van der Waals surface area contributed by atoms with Gasteiger partial charge in [0.2, 0.25) is 0 Å². The summed E-state index contributed by atoms with van der Waals surface area (Å²) in [4.78, 5) is 16.3. The molecule has 4 heteroatoms. The lowest BCUT2D eigenvalue weighted by Gasteiger charge is -2.21. The first-order valence-corrected chi connectivity index (χ1v) is 13.6. The molecule has 0 fully saturated rings. The number of aromatic nitrogens is 4. The molecule has 6 rings (SSSR count). The average molecular weight is 477 g/mol. The predicted octanol–water partition coefficient (Wildman–Crippen LogP) is 8.68. The van der Waals surface area contributed by atoms with Gasteiger partial charge in [0.1, 0.15) is 11.6 Å². The van der Waals surface area contributed by atoms with E-state index in [1.54, 1.807) is 11.1 Å². The molecule has 1 aliphatic rings. The van der Waals surface area contributed by atoms with Gasteiger partial charge in [0, 0.05) is 23.0 Å². The van der Waals surface area contributed by atoms with Crippen molar-refractivity contribution in [3.8, 4) is 22.5 Å². The van der Waals surface area contributed by atoms with Gasteiger partial charge in [0.15, 0.2) is 0 Å². The van der Waals surface area contributed by atoms with Gasteiger partial charge in [-0.15, -0.1) is 0 Å². The molecule has 0 bridgehead atoms. The van der Waals surface area contributed by atoms with E-state index in [1.807, 2.05) is 12.4 Å². The smallest absolute Gasteiger partial charge is 0.109 e. The van der Waals surface area contributed by atoms with Crippen LogP contribution in [0.3, 0.4) is 0 Å². The molecule has 0 spiro atoms. The molecule has 0 amide bonds. The molecule has 3 aromatic carbocycles. The summed E-state index contributed by atoms with van der Waals surface area (Å²) in [5.41, 5.74) is 7.76. The summed E-state index contributed by atoms with van der Waals surface area (Å²) in [6, 6.07) is 14.0. The Bertz CT molecular complexity index is 1430. The van der Waals surface area contributed by atoms with Crippen molar-refractivity contribution in [1.82, 2.24) is 19.9 Å². The Labute approximate surface area is 213 Å². The molecule has 0 radical (unpaired) electrons. The molecule has 36 heavy (non-hydrogen) atoms. The first kappa shape index (κ1) is 23.0. The largest absolute Gasteiger partial charge is 0.342 e. The second-order valence-corrected chi connectivity index (χ2v) is 11.1. The molecule has 0 aliphatic heterocycles. The van der Waals surface area contributed by atoms with E-state index in [0.717, 1.165) is 35.9 Å². The minimum Gasteiger partial charge on any atom is -0.342 e. The Kier molecular flexibility index (Phi) is 5.91. The Morgan fingerprint density at radius 3 is 1.42 bits per heavy atom. The zero-order chi connectivity index (χ0) is 24.8. The van der Waals surface area contributed by atoms with E-state index in [1.165, 1.54) is 58.4 Å². The van der Waals surface area contributed by atoms with Crippen LogP contribution < -0.4 is 0 Å². The quantitative estimate of drug-likeness (QED) is 0.255. The highest BCUT2D eigenvalue weighted by molar-refractivity contribution is 6.12. The second-order valence-electron chi connectivity index (χ2n) is 11.1. The fraction of sp³-hybridized carbons (Fsp3) is 0.375. The minimum atomic E-state index is 0.392. The first-order chi connectivity index (χ1) is 17.5. The van der Waals surface area contributed by atoms with Gasteiger partial charge >= 0.3 is 0 Å². The molecule has 2 heterocycles. The Morgan fingerprint density at radius 1 is 0.583 bits per heavy atom. The number of aromatic amines is 2. The van der Waals surface area contributed by atoms with Gasteiger partial charge < -0.3 is 9.97 Å². The van der Waals surface area contributed by atoms with Crippen LogP contribution in [0.2, 0.25) is 0 Å². The monoisotopic (exact) mass is 476 g/mol. The van der Waals surface area contributed by atoms with Crippen molar-refractivity contribution in [1.29, 1.82) is 0 Å². The number of rotatable bonds is 4. The van der Waals surface area contributed by atoms with Crippen LogP contribution >= 0.6 is 0 Å². The number of fused-ring (bicyclic) bond motifs is 6. The Morgan fingerprint density at radius 2 is 1.03 bits per heavy atom. The van der Waals surface area contributed by atoms with E-state index in [0.29, 0.717) is 11.8 Å². The Hall–Kier alpha value is -3.40. The summed E-state index contributed by atoms with van der Waals surface area (Å²) in [6.07, 6.45) is 11.4. The molecule has 4 nitrogen and oxygen atoms in total. The lowest BCUT2D eigenvalue weighted by atomic mass is 9.84. The zero-order valence-corrected chi connectivity index (χ0v) is 21.9. The molecule has 2 aromatic heterocycles. The normalized spacial score (nSPS) is 14.5. The number of imidazole rings is 2. The highest BCUT2D eigenvalue weighted by Crippen LogP contribution is 2.39. The number of hydrogen-bond donors (Lipinski definition) is 2. The van der Waals surface area contributed by atoms with E-state index in [9.17, 15) is 0 Å². The van der Waals surface area contributed by atoms with Gasteiger partial charge in [0.05, 0.1) is 23.8 Å². The van der Waals surface area contributed by atoms with Gasteiger partial charge in [-0.05, 0) is 70.5 Å². The molecule has 2 N–H and O–H groups in total. The molecular weight excluding hydrogens is 440 g/mol. The number of H-pyrrole nitrogens is 2. The summed E-state index contributed by atoms with van der Waals surface area (Å²) in [5.74, 6) is 2.88. The molecule has 184 valence electrons. The summed E-state index contributed by atoms with van der Waals surface area (Å²) >= 11 is 0. The molecule has 0 saturated carbocycles. The second kappa shape index (κ2) is 9.24. The molecule has 0 unspecified atom stereocenters. The fourth-order valence-electron chi connectivity index (χ4n) is 5.80. The summed E-state index contributed by atoms with van der Waals surface area (Å²) in [7, 11) is 0. The van der Waals surface area contributed by atoms with Crippen LogP contribution in [0.1, 0.15) is 88.0 Å². The van der Waals surface area contributed by atoms with Crippen LogP contribution in [0.25, 0.3) is 44.1 Å². The summed E-state index contributed by atoms with van der Waals surface area (Å²) < 4.78 is 0. The standard InChI is InChI=1S/C32H36N4/c1-19(2)31-33-17-29(35-31)21-11-13-25-26-14-12-22(30-18-34-32(36-30)20(3)4)16-28(26)24-10-8-6-5-7-9-23(24)27(25)15-21/h11-20H,5-10H2,1-4H3,(H,33,35)(H,34,36). The number of benzene rings is 3. The molecule has 5 aromatic rings. The van der Waals surface area contributed by atoms with Gasteiger partial charge in [-0.3, -0.25) is 0 Å². The zero-order valence-electron chi connectivity index (χ0n) is 21.9. The predicted molar refractivity (Wildman–Crippen MR) is 151 cm³/mol. The van der Waals surface area contributed by atoms with Gasteiger partial charge in [-0.25, -0.2) is 9.97 Å². The lowest BCUT2D eigenvalue weighted by molar-refractivity contribution is 0.621. The van der Waals surface area contributed by atoms with Crippen molar-refractivity contribution in [3.05, 3.63) is 71.6 Å². The van der Waals surface area contributed by atoms with Crippen LogP contribution in [-0.2, 0) is 12.8 Å². The topological polar surface area (TPSA) is 57.4 Å². The number of hydrogen-bond acceptors (Lipinski definition) is 2. The van der Waals surface area contributed by atoms with Crippen molar-refractivity contribution in [2.75, 3.05) is 0 Å². The average Bonchev–Trinajstić information content (AvgIpc) is 3.54. The van der Waals surface area contributed by atoms with Gasteiger partial charge in [-0.2, -0.15) is 0 Å². The number of nitrogens with one attached hydrogen (secondary N) is 2. The first-order valence-electron chi connectivity index (χ1n) is 13.6. The third-order valence-corrected chi connectivity index (χ3v) is 7.85. The van der Waals surface area contributed by atoms with Gasteiger partial charge in [-0.1, -0.05) is 64.8 Å². The highest BCUT2D eigenvalue weighted by atomic mass is 14.9. The van der Waals surface area contributed by atoms with Crippen molar-refractivity contribution in [3.63, 3.8) is 0 Å². The van der Waals surface area contributed by atoms with E-state index in [4.69, 9.17) is 0 Å². The highest BCUT2D eigenvalue weighted by Gasteiger charge is 2.18. The third kappa shape index (κ3) is 4.03. The summed E-state index contributed by atoms with van der Waals surface area (Å²) in [6.45, 7) is 8.72. The summed E-state index contributed by atoms with van der Waals surface area (Å²) in [5, 5.41) is 5.54. The van der Waals surface area contributed by atoms with E-state index >= 15 is 0 Å². The number of nitrogens with zero attached hydrogens (tertiary/aromatic N) is 2. The molecule has 0 atom stereocenters. The maximum absolute atomic E-state index is 4.62. The van der Waals surface area contributed by atoms with Crippen LogP contribution in [0, 0.1) is 0 Å². The van der Waals surface area contributed by atoms with Crippen molar-refractivity contribution in [2.24, 2.45) is 0 Å². The van der Waals surface area contributed by atoms with E-state index < -0.39 is 0 Å². The van der Waals surface area contributed by atoms with E-state index in [2.05, 4.69) is 84.0 Å². The van der Waals surface area contributed by atoms with E-state index in [-0.39, 0.29) is 0 Å². The maximum Gasteiger partial charge on any atom is 0.109 e. The third-order valence-electron chi connectivity index (χ3n) is 7.85.